The molecule has 3 aromatic rings. The van der Waals surface area contributed by atoms with Gasteiger partial charge in [0.15, 0.2) is 5.82 Å². The lowest BCUT2D eigenvalue weighted by Crippen LogP contribution is -2.57. The largest absolute Gasteiger partial charge is 0.408 e. The van der Waals surface area contributed by atoms with Crippen molar-refractivity contribution in [2.24, 2.45) is 5.92 Å². The van der Waals surface area contributed by atoms with E-state index in [9.17, 15) is 18.0 Å². The van der Waals surface area contributed by atoms with E-state index in [1.54, 1.807) is 12.3 Å². The Morgan fingerprint density at radius 1 is 1.26 bits per heavy atom. The molecule has 10 nitrogen and oxygen atoms in total. The van der Waals surface area contributed by atoms with E-state index in [1.165, 1.54) is 6.20 Å². The van der Waals surface area contributed by atoms with Crippen molar-refractivity contribution in [1.82, 2.24) is 34.8 Å². The number of hydrogen-bond donors (Lipinski definition) is 2. The van der Waals surface area contributed by atoms with E-state index in [1.807, 2.05) is 23.9 Å². The average molecular weight is 532 g/mol. The van der Waals surface area contributed by atoms with E-state index in [-0.39, 0.29) is 11.6 Å². The van der Waals surface area contributed by atoms with Crippen LogP contribution >= 0.6 is 0 Å². The number of aromatic nitrogens is 5. The predicted octanol–water partition coefficient (Wildman–Crippen LogP) is 3.93. The van der Waals surface area contributed by atoms with Gasteiger partial charge in [0.1, 0.15) is 12.2 Å². The monoisotopic (exact) mass is 531 g/mol. The molecule has 0 aromatic carbocycles. The molecule has 38 heavy (non-hydrogen) atoms. The van der Waals surface area contributed by atoms with Gasteiger partial charge in [-0.15, -0.1) is 0 Å². The Labute approximate surface area is 218 Å². The summed E-state index contributed by atoms with van der Waals surface area (Å²) in [5.74, 6) is 1.09. The number of amides is 2. The molecular weight excluding hydrogens is 499 g/mol. The molecule has 13 heteroatoms. The van der Waals surface area contributed by atoms with Crippen molar-refractivity contribution in [1.29, 1.82) is 0 Å². The van der Waals surface area contributed by atoms with Crippen molar-refractivity contribution in [3.05, 3.63) is 18.5 Å². The van der Waals surface area contributed by atoms with Crippen LogP contribution in [0.3, 0.4) is 0 Å². The van der Waals surface area contributed by atoms with Gasteiger partial charge in [0.05, 0.1) is 28.5 Å². The molecule has 6 rings (SSSR count). The zero-order valence-corrected chi connectivity index (χ0v) is 21.7. The first-order chi connectivity index (χ1) is 18.0. The number of fused-ring (bicyclic) bond motifs is 1. The van der Waals surface area contributed by atoms with Gasteiger partial charge in [0, 0.05) is 37.4 Å². The molecule has 0 bridgehead atoms. The minimum Gasteiger partial charge on any atom is -0.351 e. The van der Waals surface area contributed by atoms with Crippen LogP contribution in [0.4, 0.5) is 29.5 Å². The molecule has 3 aromatic heterocycles. The van der Waals surface area contributed by atoms with Crippen LogP contribution in [0.15, 0.2) is 18.5 Å². The number of likely N-dealkylation sites (N-methyl/N-ethyl adjacent to an activating group) is 1. The topological polar surface area (TPSA) is 98.2 Å². The highest BCUT2D eigenvalue weighted by Crippen LogP contribution is 2.50. The van der Waals surface area contributed by atoms with Crippen molar-refractivity contribution in [2.45, 2.75) is 56.9 Å². The molecule has 204 valence electrons. The van der Waals surface area contributed by atoms with Crippen LogP contribution in [0.25, 0.3) is 22.3 Å². The third kappa shape index (κ3) is 4.46. The number of anilines is 2. The number of urea groups is 1. The Morgan fingerprint density at radius 2 is 2.03 bits per heavy atom. The summed E-state index contributed by atoms with van der Waals surface area (Å²) in [5.41, 5.74) is 1.53. The second kappa shape index (κ2) is 8.85. The van der Waals surface area contributed by atoms with E-state index >= 15 is 0 Å². The smallest absolute Gasteiger partial charge is 0.351 e. The normalized spacial score (nSPS) is 21.4. The molecule has 2 aliphatic heterocycles. The lowest BCUT2D eigenvalue weighted by atomic mass is 9.91. The Hall–Kier alpha value is -3.35. The fourth-order valence-electron chi connectivity index (χ4n) is 5.81. The molecule has 0 radical (unpaired) electrons. The van der Waals surface area contributed by atoms with Crippen LogP contribution in [-0.2, 0) is 6.54 Å². The summed E-state index contributed by atoms with van der Waals surface area (Å²) < 4.78 is 41.3. The quantitative estimate of drug-likeness (QED) is 0.518. The third-order valence-corrected chi connectivity index (χ3v) is 8.19. The first-order valence-corrected chi connectivity index (χ1v) is 13.0. The number of nitrogens with one attached hydrogen (secondary N) is 2. The molecule has 5 heterocycles. The number of rotatable bonds is 5. The van der Waals surface area contributed by atoms with Crippen molar-refractivity contribution in [2.75, 3.05) is 43.9 Å². The molecular formula is C25H32F3N9O. The molecule has 3 fully saturated rings. The van der Waals surface area contributed by atoms with Gasteiger partial charge >= 0.3 is 12.2 Å². The number of alkyl halides is 3. The average Bonchev–Trinajstić information content (AvgIpc) is 3.25. The zero-order valence-electron chi connectivity index (χ0n) is 21.7. The van der Waals surface area contributed by atoms with Gasteiger partial charge in [-0.2, -0.15) is 23.4 Å². The first kappa shape index (κ1) is 25.0. The fourth-order valence-corrected chi connectivity index (χ4v) is 5.81. The third-order valence-electron chi connectivity index (χ3n) is 8.19. The fraction of sp³-hybridized carbons (Fsp3) is 0.600. The summed E-state index contributed by atoms with van der Waals surface area (Å²) in [5, 5.41) is 14.8. The molecule has 1 spiro atoms. The van der Waals surface area contributed by atoms with Gasteiger partial charge in [-0.1, -0.05) is 6.92 Å². The Morgan fingerprint density at radius 3 is 2.71 bits per heavy atom. The Bertz CT molecular complexity index is 1350. The number of carbonyl (C=O) groups excluding carboxylic acids is 1. The summed E-state index contributed by atoms with van der Waals surface area (Å²) in [4.78, 5) is 23.8. The SMILES string of the molecule is C[C@H]1CCN(C(=O)Nc2cn[nH]c2-c2cc3c(cn2)c(N2CC(N(C)C)C2)nn3CC(F)(F)F)C2(CC2)C1. The second-order valence-electron chi connectivity index (χ2n) is 11.3. The maximum absolute atomic E-state index is 13.4. The number of hydrogen-bond acceptors (Lipinski definition) is 6. The summed E-state index contributed by atoms with van der Waals surface area (Å²) in [6, 6.07) is 1.71. The minimum absolute atomic E-state index is 0.0498. The molecule has 1 aliphatic carbocycles. The molecule has 2 amide bonds. The van der Waals surface area contributed by atoms with Crippen LogP contribution < -0.4 is 10.2 Å². The van der Waals surface area contributed by atoms with Gasteiger partial charge in [-0.05, 0) is 51.8 Å². The number of piperidine rings is 1. The lowest BCUT2D eigenvalue weighted by molar-refractivity contribution is -0.141. The standard InChI is InChI=1S/C25H32F3N9O/c1-15-4-7-36(24(9-15)5-6-24)23(38)31-19-11-30-32-21(19)18-8-20-17(10-29-18)22(33-37(20)14-25(26,27)28)35-12-16(13-35)34(2)3/h8,10-11,15-16H,4-7,9,12-14H2,1-3H3,(H,30,32)(H,31,38)/t15-/m0/s1. The Kier molecular flexibility index (Phi) is 5.82. The van der Waals surface area contributed by atoms with Gasteiger partial charge < -0.3 is 20.0 Å². The van der Waals surface area contributed by atoms with Crippen molar-refractivity contribution < 1.29 is 18.0 Å². The number of carbonyl (C=O) groups is 1. The summed E-state index contributed by atoms with van der Waals surface area (Å²) in [7, 11) is 3.96. The number of likely N-dealkylation sites (tertiary alicyclic amines) is 1. The highest BCUT2D eigenvalue weighted by molar-refractivity contribution is 5.96. The molecule has 1 saturated carbocycles. The van der Waals surface area contributed by atoms with Crippen LogP contribution in [-0.4, -0.2) is 92.3 Å². The summed E-state index contributed by atoms with van der Waals surface area (Å²) >= 11 is 0. The van der Waals surface area contributed by atoms with Gasteiger partial charge in [0.25, 0.3) is 0 Å². The number of nitrogens with zero attached hydrogens (tertiary/aromatic N) is 7. The number of halogens is 3. The maximum Gasteiger partial charge on any atom is 0.408 e. The maximum atomic E-state index is 13.4. The van der Waals surface area contributed by atoms with Crippen molar-refractivity contribution in [3.63, 3.8) is 0 Å². The van der Waals surface area contributed by atoms with Gasteiger partial charge in [-0.25, -0.2) is 4.79 Å². The van der Waals surface area contributed by atoms with Crippen LogP contribution in [0.5, 0.6) is 0 Å². The minimum atomic E-state index is -4.43. The Balaban J connectivity index is 1.29. The van der Waals surface area contributed by atoms with Crippen LogP contribution in [0.1, 0.15) is 32.6 Å². The number of H-pyrrole nitrogens is 1. The highest BCUT2D eigenvalue weighted by atomic mass is 19.4. The number of aromatic amines is 1. The molecule has 2 saturated heterocycles. The highest BCUT2D eigenvalue weighted by Gasteiger charge is 2.52. The van der Waals surface area contributed by atoms with E-state index in [4.69, 9.17) is 0 Å². The van der Waals surface area contributed by atoms with E-state index < -0.39 is 12.7 Å². The predicted molar refractivity (Wildman–Crippen MR) is 137 cm³/mol. The lowest BCUT2D eigenvalue weighted by Gasteiger charge is -2.43. The summed E-state index contributed by atoms with van der Waals surface area (Å²) in [6.45, 7) is 3.08. The van der Waals surface area contributed by atoms with Crippen molar-refractivity contribution >= 4 is 28.4 Å². The van der Waals surface area contributed by atoms with E-state index in [0.717, 1.165) is 30.4 Å². The van der Waals surface area contributed by atoms with Crippen LogP contribution in [0.2, 0.25) is 0 Å². The first-order valence-electron chi connectivity index (χ1n) is 13.0. The van der Waals surface area contributed by atoms with E-state index in [0.29, 0.717) is 65.4 Å². The molecule has 0 unspecified atom stereocenters. The molecule has 3 aliphatic rings. The van der Waals surface area contributed by atoms with E-state index in [2.05, 4.69) is 37.4 Å². The number of pyridine rings is 1. The van der Waals surface area contributed by atoms with Gasteiger partial charge in [0.2, 0.25) is 0 Å². The zero-order chi connectivity index (χ0) is 26.8. The molecule has 2 N–H and O–H groups in total. The van der Waals surface area contributed by atoms with Crippen LogP contribution in [0, 0.1) is 5.92 Å². The van der Waals surface area contributed by atoms with Crippen molar-refractivity contribution in [3.8, 4) is 11.4 Å². The second-order valence-corrected chi connectivity index (χ2v) is 11.3. The van der Waals surface area contributed by atoms with Gasteiger partial charge in [-0.3, -0.25) is 14.8 Å². The molecule has 1 atom stereocenters. The summed E-state index contributed by atoms with van der Waals surface area (Å²) in [6.07, 6.45) is 2.63.